The van der Waals surface area contributed by atoms with Crippen LogP contribution in [0.5, 0.6) is 0 Å². The van der Waals surface area contributed by atoms with Crippen molar-refractivity contribution < 1.29 is 9.53 Å². The van der Waals surface area contributed by atoms with E-state index in [0.29, 0.717) is 23.9 Å². The second-order valence-corrected chi connectivity index (χ2v) is 11.2. The summed E-state index contributed by atoms with van der Waals surface area (Å²) in [4.78, 5) is 12.5. The Bertz CT molecular complexity index is 523. The van der Waals surface area contributed by atoms with Crippen molar-refractivity contribution in [2.45, 2.75) is 96.5 Å². The van der Waals surface area contributed by atoms with E-state index in [1.807, 2.05) is 0 Å². The molecular formula is C21H36N2O2. The maximum atomic E-state index is 12.5. The quantitative estimate of drug-likeness (QED) is 0.767. The molecule has 0 heterocycles. The molecule has 25 heavy (non-hydrogen) atoms. The second kappa shape index (κ2) is 5.69. The van der Waals surface area contributed by atoms with E-state index in [0.717, 1.165) is 37.5 Å². The molecule has 4 atom stereocenters. The standard InChI is InChI=1S/C21H36N2O2/c1-20(2,3)22-17-13-7-11(8-14(13)17)19(24)25-12-9-15-16(10-12)18(15)23-21(4,5)6/h11-18,22-23H,7-10H2,1-6H3. The van der Waals surface area contributed by atoms with Crippen LogP contribution in [0.3, 0.4) is 0 Å². The lowest BCUT2D eigenvalue weighted by Crippen LogP contribution is -2.40. The second-order valence-electron chi connectivity index (χ2n) is 11.2. The van der Waals surface area contributed by atoms with E-state index in [4.69, 9.17) is 4.74 Å². The lowest BCUT2D eigenvalue weighted by Gasteiger charge is -2.25. The maximum absolute atomic E-state index is 12.5. The van der Waals surface area contributed by atoms with Gasteiger partial charge in [0.05, 0.1) is 5.92 Å². The average molecular weight is 349 g/mol. The van der Waals surface area contributed by atoms with Gasteiger partial charge in [0, 0.05) is 23.2 Å². The minimum absolute atomic E-state index is 0.0911. The fraction of sp³-hybridized carbons (Fsp3) is 0.952. The molecule has 4 unspecified atom stereocenters. The number of carbonyl (C=O) groups excluding carboxylic acids is 1. The van der Waals surface area contributed by atoms with E-state index in [1.165, 1.54) is 0 Å². The molecule has 0 spiro atoms. The van der Waals surface area contributed by atoms with Gasteiger partial charge in [-0.15, -0.1) is 0 Å². The summed E-state index contributed by atoms with van der Waals surface area (Å²) in [6.07, 6.45) is 4.38. The Morgan fingerprint density at radius 2 is 1.16 bits per heavy atom. The first kappa shape index (κ1) is 17.8. The zero-order valence-corrected chi connectivity index (χ0v) is 16.8. The normalized spacial score (nSPS) is 45.0. The van der Waals surface area contributed by atoms with Gasteiger partial charge < -0.3 is 15.4 Å². The van der Waals surface area contributed by atoms with Crippen LogP contribution in [0.25, 0.3) is 0 Å². The van der Waals surface area contributed by atoms with E-state index in [9.17, 15) is 4.79 Å². The van der Waals surface area contributed by atoms with E-state index in [1.54, 1.807) is 0 Å². The molecule has 0 aromatic carbocycles. The van der Waals surface area contributed by atoms with Crippen LogP contribution in [-0.2, 0) is 9.53 Å². The van der Waals surface area contributed by atoms with Gasteiger partial charge in [0.25, 0.3) is 0 Å². The number of ether oxygens (including phenoxy) is 1. The van der Waals surface area contributed by atoms with Gasteiger partial charge in [0.2, 0.25) is 0 Å². The van der Waals surface area contributed by atoms with Crippen molar-refractivity contribution in [3.05, 3.63) is 0 Å². The summed E-state index contributed by atoms with van der Waals surface area (Å²) in [5.41, 5.74) is 0.358. The number of fused-ring (bicyclic) bond motifs is 2. The zero-order valence-electron chi connectivity index (χ0n) is 16.8. The van der Waals surface area contributed by atoms with Gasteiger partial charge >= 0.3 is 5.97 Å². The van der Waals surface area contributed by atoms with Crippen LogP contribution in [0.4, 0.5) is 0 Å². The predicted molar refractivity (Wildman–Crippen MR) is 99.2 cm³/mol. The molecule has 0 saturated heterocycles. The molecule has 4 fully saturated rings. The SMILES string of the molecule is CC(C)(C)NC1C2CC(OC(=O)C3CC4C(C3)C4NC(C)(C)C)CC21. The van der Waals surface area contributed by atoms with Crippen molar-refractivity contribution in [2.24, 2.45) is 29.6 Å². The molecule has 4 saturated carbocycles. The van der Waals surface area contributed by atoms with Gasteiger partial charge in [-0.1, -0.05) is 0 Å². The lowest BCUT2D eigenvalue weighted by molar-refractivity contribution is -0.154. The van der Waals surface area contributed by atoms with Gasteiger partial charge in [-0.25, -0.2) is 0 Å². The van der Waals surface area contributed by atoms with Crippen molar-refractivity contribution in [1.29, 1.82) is 0 Å². The number of hydrogen-bond acceptors (Lipinski definition) is 4. The van der Waals surface area contributed by atoms with E-state index >= 15 is 0 Å². The fourth-order valence-corrected chi connectivity index (χ4v) is 5.61. The highest BCUT2D eigenvalue weighted by Crippen LogP contribution is 2.56. The van der Waals surface area contributed by atoms with Gasteiger partial charge in [0.1, 0.15) is 6.10 Å². The molecule has 142 valence electrons. The first-order valence-corrected chi connectivity index (χ1v) is 10.3. The highest BCUT2D eigenvalue weighted by Gasteiger charge is 2.60. The number of hydrogen-bond donors (Lipinski definition) is 2. The number of rotatable bonds is 4. The van der Waals surface area contributed by atoms with Crippen LogP contribution in [-0.4, -0.2) is 35.2 Å². The summed E-state index contributed by atoms with van der Waals surface area (Å²) in [6, 6.07) is 1.28. The van der Waals surface area contributed by atoms with Crippen LogP contribution in [0.1, 0.15) is 67.2 Å². The Morgan fingerprint density at radius 3 is 1.56 bits per heavy atom. The Balaban J connectivity index is 1.18. The summed E-state index contributed by atoms with van der Waals surface area (Å²) in [6.45, 7) is 13.4. The molecule has 4 aliphatic rings. The summed E-state index contributed by atoms with van der Waals surface area (Å²) in [7, 11) is 0. The topological polar surface area (TPSA) is 50.4 Å². The van der Waals surface area contributed by atoms with Crippen LogP contribution >= 0.6 is 0 Å². The minimum atomic E-state index is 0.0911. The summed E-state index contributed by atoms with van der Waals surface area (Å²) in [5, 5.41) is 7.42. The van der Waals surface area contributed by atoms with Crippen molar-refractivity contribution >= 4 is 5.97 Å². The predicted octanol–water partition coefficient (Wildman–Crippen LogP) is 3.11. The van der Waals surface area contributed by atoms with Crippen LogP contribution in [0, 0.1) is 29.6 Å². The van der Waals surface area contributed by atoms with E-state index in [-0.39, 0.29) is 29.1 Å². The van der Waals surface area contributed by atoms with Crippen LogP contribution in [0.15, 0.2) is 0 Å². The molecule has 0 radical (unpaired) electrons. The van der Waals surface area contributed by atoms with Gasteiger partial charge in [0.15, 0.2) is 0 Å². The van der Waals surface area contributed by atoms with Gasteiger partial charge in [-0.2, -0.15) is 0 Å². The molecule has 0 aliphatic heterocycles. The Hall–Kier alpha value is -0.610. The highest BCUT2D eigenvalue weighted by atomic mass is 16.5. The highest BCUT2D eigenvalue weighted by molar-refractivity contribution is 5.73. The van der Waals surface area contributed by atoms with Crippen molar-refractivity contribution in [2.75, 3.05) is 0 Å². The Labute approximate surface area is 152 Å². The van der Waals surface area contributed by atoms with Crippen LogP contribution in [0.2, 0.25) is 0 Å². The van der Waals surface area contributed by atoms with E-state index in [2.05, 4.69) is 52.2 Å². The first-order valence-electron chi connectivity index (χ1n) is 10.3. The molecule has 0 amide bonds. The van der Waals surface area contributed by atoms with Crippen LogP contribution < -0.4 is 10.6 Å². The molecular weight excluding hydrogens is 312 g/mol. The molecule has 4 aliphatic carbocycles. The molecule has 0 bridgehead atoms. The Morgan fingerprint density at radius 1 is 0.760 bits per heavy atom. The van der Waals surface area contributed by atoms with E-state index < -0.39 is 0 Å². The zero-order chi connectivity index (χ0) is 18.1. The lowest BCUT2D eigenvalue weighted by atomic mass is 10.0. The molecule has 4 rings (SSSR count). The minimum Gasteiger partial charge on any atom is -0.462 e. The monoisotopic (exact) mass is 348 g/mol. The number of carbonyl (C=O) groups is 1. The molecule has 0 aromatic heterocycles. The first-order chi connectivity index (χ1) is 11.5. The molecule has 4 heteroatoms. The third-order valence-corrected chi connectivity index (χ3v) is 6.66. The summed E-state index contributed by atoms with van der Waals surface area (Å²) >= 11 is 0. The third-order valence-electron chi connectivity index (χ3n) is 6.66. The fourth-order valence-electron chi connectivity index (χ4n) is 5.61. The third kappa shape index (κ3) is 3.75. The molecule has 4 nitrogen and oxygen atoms in total. The van der Waals surface area contributed by atoms with Crippen molar-refractivity contribution in [1.82, 2.24) is 10.6 Å². The van der Waals surface area contributed by atoms with Crippen molar-refractivity contribution in [3.8, 4) is 0 Å². The average Bonchev–Trinajstić information content (AvgIpc) is 3.11. The van der Waals surface area contributed by atoms with Gasteiger partial charge in [-0.05, 0) is 90.9 Å². The van der Waals surface area contributed by atoms with Crippen molar-refractivity contribution in [3.63, 3.8) is 0 Å². The summed E-state index contributed by atoms with van der Waals surface area (Å²) < 4.78 is 5.89. The molecule has 0 aromatic rings. The number of nitrogens with one attached hydrogen (secondary N) is 2. The number of esters is 1. The summed E-state index contributed by atoms with van der Waals surface area (Å²) in [5.74, 6) is 3.12. The smallest absolute Gasteiger partial charge is 0.309 e. The largest absolute Gasteiger partial charge is 0.462 e. The molecule has 2 N–H and O–H groups in total. The van der Waals surface area contributed by atoms with Gasteiger partial charge in [-0.3, -0.25) is 4.79 Å². The maximum Gasteiger partial charge on any atom is 0.309 e. The Kier molecular flexibility index (Phi) is 4.05.